The second kappa shape index (κ2) is 30.4. The van der Waals surface area contributed by atoms with Crippen LogP contribution in [0.25, 0.3) is 0 Å². The number of nitrogens with one attached hydrogen (secondary N) is 1. The van der Waals surface area contributed by atoms with Crippen molar-refractivity contribution in [1.29, 1.82) is 0 Å². The molecule has 0 aliphatic rings. The maximum Gasteiger partial charge on any atom is 0.220 e. The van der Waals surface area contributed by atoms with E-state index in [1.165, 1.54) is 109 Å². The average Bonchev–Trinajstić information content (AvgIpc) is 2.92. The monoisotopic (exact) mass is 535 g/mol. The van der Waals surface area contributed by atoms with Crippen molar-refractivity contribution in [2.24, 2.45) is 0 Å². The molecule has 4 nitrogen and oxygen atoms in total. The third kappa shape index (κ3) is 26.5. The Morgan fingerprint density at radius 2 is 1.05 bits per heavy atom. The van der Waals surface area contributed by atoms with Crippen LogP contribution in [0.3, 0.4) is 0 Å². The van der Waals surface area contributed by atoms with Gasteiger partial charge < -0.3 is 15.5 Å². The van der Waals surface area contributed by atoms with E-state index in [0.717, 1.165) is 32.1 Å². The maximum absolute atomic E-state index is 12.3. The van der Waals surface area contributed by atoms with Crippen molar-refractivity contribution in [3.63, 3.8) is 0 Å². The van der Waals surface area contributed by atoms with E-state index in [0.29, 0.717) is 12.8 Å². The Labute approximate surface area is 237 Å². The Morgan fingerprint density at radius 3 is 1.58 bits per heavy atom. The lowest BCUT2D eigenvalue weighted by molar-refractivity contribution is -0.123. The fourth-order valence-electron chi connectivity index (χ4n) is 4.88. The number of unbranched alkanes of at least 4 members (excludes halogenated alkanes) is 19. The number of carbonyl (C=O) groups excluding carboxylic acids is 1. The first-order valence-electron chi connectivity index (χ1n) is 16.6. The first kappa shape index (κ1) is 36.9. The van der Waals surface area contributed by atoms with Gasteiger partial charge in [0.1, 0.15) is 0 Å². The molecule has 0 heterocycles. The van der Waals surface area contributed by atoms with Gasteiger partial charge in [-0.15, -0.1) is 0 Å². The van der Waals surface area contributed by atoms with Gasteiger partial charge in [0.15, 0.2) is 0 Å². The molecule has 0 rings (SSSR count). The summed E-state index contributed by atoms with van der Waals surface area (Å²) >= 11 is 0. The van der Waals surface area contributed by atoms with Crippen LogP contribution in [0.15, 0.2) is 24.3 Å². The first-order chi connectivity index (χ1) is 18.7. The molecular weight excluding hydrogens is 470 g/mol. The van der Waals surface area contributed by atoms with Crippen molar-refractivity contribution in [2.75, 3.05) is 6.61 Å². The molecule has 0 saturated heterocycles. The molecule has 1 amide bonds. The van der Waals surface area contributed by atoms with Gasteiger partial charge in [0.2, 0.25) is 5.91 Å². The fourth-order valence-corrected chi connectivity index (χ4v) is 4.88. The molecule has 0 bridgehead atoms. The number of hydrogen-bond acceptors (Lipinski definition) is 3. The minimum atomic E-state index is -0.659. The Balaban J connectivity index is 3.62. The minimum absolute atomic E-state index is 0.0464. The van der Waals surface area contributed by atoms with E-state index < -0.39 is 12.1 Å². The first-order valence-corrected chi connectivity index (χ1v) is 16.6. The highest BCUT2D eigenvalue weighted by molar-refractivity contribution is 5.76. The molecule has 0 saturated carbocycles. The van der Waals surface area contributed by atoms with E-state index in [-0.39, 0.29) is 12.5 Å². The summed E-state index contributed by atoms with van der Waals surface area (Å²) in [5, 5.41) is 22.9. The molecule has 0 aliphatic carbocycles. The van der Waals surface area contributed by atoms with E-state index in [4.69, 9.17) is 0 Å². The highest BCUT2D eigenvalue weighted by atomic mass is 16.3. The molecule has 2 atom stereocenters. The van der Waals surface area contributed by atoms with Gasteiger partial charge in [-0.2, -0.15) is 0 Å². The molecule has 2 unspecified atom stereocenters. The topological polar surface area (TPSA) is 69.6 Å². The van der Waals surface area contributed by atoms with Gasteiger partial charge in [0, 0.05) is 6.42 Å². The number of allylic oxidation sites excluding steroid dienone is 4. The van der Waals surface area contributed by atoms with E-state index >= 15 is 0 Å². The van der Waals surface area contributed by atoms with Crippen molar-refractivity contribution in [2.45, 2.75) is 180 Å². The van der Waals surface area contributed by atoms with Crippen LogP contribution in [0.5, 0.6) is 0 Å². The Bertz CT molecular complexity index is 546. The van der Waals surface area contributed by atoms with E-state index in [1.807, 2.05) is 0 Å². The van der Waals surface area contributed by atoms with Crippen molar-refractivity contribution in [3.8, 4) is 0 Å². The van der Waals surface area contributed by atoms with Crippen molar-refractivity contribution >= 4 is 5.91 Å². The van der Waals surface area contributed by atoms with Gasteiger partial charge >= 0.3 is 0 Å². The minimum Gasteiger partial charge on any atom is -0.394 e. The number of hydrogen-bond donors (Lipinski definition) is 3. The van der Waals surface area contributed by atoms with Crippen LogP contribution in [-0.2, 0) is 4.79 Å². The van der Waals surface area contributed by atoms with Gasteiger partial charge in [-0.1, -0.05) is 147 Å². The van der Waals surface area contributed by atoms with Crippen LogP contribution in [-0.4, -0.2) is 34.9 Å². The molecule has 0 spiro atoms. The summed E-state index contributed by atoms with van der Waals surface area (Å²) < 4.78 is 0. The lowest BCUT2D eigenvalue weighted by Crippen LogP contribution is -2.45. The quantitative estimate of drug-likeness (QED) is 0.0660. The largest absolute Gasteiger partial charge is 0.394 e. The van der Waals surface area contributed by atoms with Crippen LogP contribution in [0.1, 0.15) is 168 Å². The van der Waals surface area contributed by atoms with E-state index in [2.05, 4.69) is 43.5 Å². The Hall–Kier alpha value is -1.13. The lowest BCUT2D eigenvalue weighted by atomic mass is 10.0. The Morgan fingerprint density at radius 1 is 0.632 bits per heavy atom. The van der Waals surface area contributed by atoms with Crippen molar-refractivity contribution in [3.05, 3.63) is 24.3 Å². The third-order valence-electron chi connectivity index (χ3n) is 7.49. The van der Waals surface area contributed by atoms with Gasteiger partial charge in [-0.3, -0.25) is 4.79 Å². The Kier molecular flexibility index (Phi) is 29.5. The number of aliphatic hydroxyl groups is 2. The summed E-state index contributed by atoms with van der Waals surface area (Å²) in [4.78, 5) is 12.3. The van der Waals surface area contributed by atoms with Gasteiger partial charge in [-0.05, 0) is 38.5 Å². The highest BCUT2D eigenvalue weighted by Gasteiger charge is 2.19. The zero-order valence-electron chi connectivity index (χ0n) is 25.4. The fraction of sp³-hybridized carbons (Fsp3) is 0.853. The van der Waals surface area contributed by atoms with Gasteiger partial charge in [-0.25, -0.2) is 0 Å². The molecular formula is C34H65NO3. The zero-order chi connectivity index (χ0) is 27.9. The molecule has 0 radical (unpaired) electrons. The summed E-state index contributed by atoms with van der Waals surface area (Å²) in [7, 11) is 0. The standard InChI is InChI=1S/C34H65NO3/c1-3-5-7-9-11-13-15-16-17-18-20-22-24-26-28-30-34(38)35-32(31-36)33(37)29-27-25-23-21-19-14-12-10-8-6-4-2/h11,13,15-16,32-33,36-37H,3-10,12,14,17-31H2,1-2H3,(H,35,38)/b13-11-,16-15-. The zero-order valence-corrected chi connectivity index (χ0v) is 25.4. The summed E-state index contributed by atoms with van der Waals surface area (Å²) in [5.74, 6) is -0.0464. The van der Waals surface area contributed by atoms with E-state index in [1.54, 1.807) is 0 Å². The lowest BCUT2D eigenvalue weighted by Gasteiger charge is -2.22. The average molecular weight is 536 g/mol. The van der Waals surface area contributed by atoms with Crippen LogP contribution in [0.4, 0.5) is 0 Å². The molecule has 0 aromatic carbocycles. The molecule has 224 valence electrons. The highest BCUT2D eigenvalue weighted by Crippen LogP contribution is 2.14. The van der Waals surface area contributed by atoms with E-state index in [9.17, 15) is 15.0 Å². The van der Waals surface area contributed by atoms with Crippen LogP contribution >= 0.6 is 0 Å². The van der Waals surface area contributed by atoms with Crippen molar-refractivity contribution in [1.82, 2.24) is 5.32 Å². The summed E-state index contributed by atoms with van der Waals surface area (Å²) in [6, 6.07) is -0.537. The predicted molar refractivity (Wildman–Crippen MR) is 165 cm³/mol. The number of aliphatic hydroxyl groups excluding tert-OH is 2. The van der Waals surface area contributed by atoms with Gasteiger partial charge in [0.25, 0.3) is 0 Å². The molecule has 3 N–H and O–H groups in total. The molecule has 0 aliphatic heterocycles. The summed E-state index contributed by atoms with van der Waals surface area (Å²) in [5.41, 5.74) is 0. The normalized spacial score (nSPS) is 13.5. The molecule has 38 heavy (non-hydrogen) atoms. The summed E-state index contributed by atoms with van der Waals surface area (Å²) in [6.07, 6.45) is 36.4. The second-order valence-electron chi connectivity index (χ2n) is 11.3. The third-order valence-corrected chi connectivity index (χ3v) is 7.49. The number of rotatable bonds is 29. The number of carbonyl (C=O) groups is 1. The second-order valence-corrected chi connectivity index (χ2v) is 11.3. The summed E-state index contributed by atoms with van der Waals surface area (Å²) in [6.45, 7) is 4.29. The van der Waals surface area contributed by atoms with Crippen LogP contribution < -0.4 is 5.32 Å². The smallest absolute Gasteiger partial charge is 0.220 e. The molecule has 0 aromatic heterocycles. The molecule has 0 aromatic rings. The number of amides is 1. The van der Waals surface area contributed by atoms with Crippen molar-refractivity contribution < 1.29 is 15.0 Å². The predicted octanol–water partition coefficient (Wildman–Crippen LogP) is 9.34. The van der Waals surface area contributed by atoms with Crippen LogP contribution in [0, 0.1) is 0 Å². The van der Waals surface area contributed by atoms with Crippen LogP contribution in [0.2, 0.25) is 0 Å². The maximum atomic E-state index is 12.3. The molecule has 4 heteroatoms. The van der Waals surface area contributed by atoms with Gasteiger partial charge in [0.05, 0.1) is 18.8 Å². The molecule has 0 fully saturated rings. The SMILES string of the molecule is CCCCC/C=C\C=C/CCCCCCCCC(=O)NC(CO)C(O)CCCCCCCCCCCCC.